The lowest BCUT2D eigenvalue weighted by Crippen LogP contribution is -2.37. The lowest BCUT2D eigenvalue weighted by molar-refractivity contribution is -0.127. The molecular formula is C17H20N2O3. The van der Waals surface area contributed by atoms with Gasteiger partial charge >= 0.3 is 0 Å². The van der Waals surface area contributed by atoms with Crippen LogP contribution in [0.2, 0.25) is 0 Å². The summed E-state index contributed by atoms with van der Waals surface area (Å²) in [5, 5.41) is 2.95. The molecule has 2 heterocycles. The minimum Gasteiger partial charge on any atom is -0.368 e. The quantitative estimate of drug-likeness (QED) is 0.930. The van der Waals surface area contributed by atoms with Crippen molar-refractivity contribution in [3.05, 3.63) is 23.8 Å². The zero-order valence-electron chi connectivity index (χ0n) is 12.5. The Morgan fingerprint density at radius 2 is 2.09 bits per heavy atom. The molecule has 2 aliphatic heterocycles. The molecular weight excluding hydrogens is 280 g/mol. The molecule has 4 rings (SSSR count). The number of anilines is 2. The number of rotatable bonds is 3. The summed E-state index contributed by atoms with van der Waals surface area (Å²) in [6.45, 7) is 1.38. The average Bonchev–Trinajstić information content (AvgIpc) is 3.08. The highest BCUT2D eigenvalue weighted by Gasteiger charge is 2.33. The predicted octanol–water partition coefficient (Wildman–Crippen LogP) is 2.10. The minimum atomic E-state index is -0.296. The van der Waals surface area contributed by atoms with Crippen LogP contribution in [0, 0.1) is 5.92 Å². The first-order chi connectivity index (χ1) is 10.7. The van der Waals surface area contributed by atoms with E-state index in [0.717, 1.165) is 49.0 Å². The summed E-state index contributed by atoms with van der Waals surface area (Å²) in [4.78, 5) is 26.3. The number of benzene rings is 1. The molecule has 0 spiro atoms. The average molecular weight is 300 g/mol. The fourth-order valence-electron chi connectivity index (χ4n) is 3.22. The number of carbonyl (C=O) groups is 2. The smallest absolute Gasteiger partial charge is 0.256 e. The van der Waals surface area contributed by atoms with Crippen molar-refractivity contribution in [3.63, 3.8) is 0 Å². The second kappa shape index (κ2) is 5.39. The fraction of sp³-hybridized carbons (Fsp3) is 0.529. The third-order valence-electron chi connectivity index (χ3n) is 4.67. The first-order valence-corrected chi connectivity index (χ1v) is 8.09. The number of ether oxygens (including phenoxy) is 1. The number of nitrogens with one attached hydrogen (secondary N) is 1. The van der Waals surface area contributed by atoms with E-state index in [1.807, 2.05) is 23.1 Å². The maximum atomic E-state index is 12.6. The third-order valence-corrected chi connectivity index (χ3v) is 4.67. The molecule has 1 saturated carbocycles. The van der Waals surface area contributed by atoms with E-state index in [9.17, 15) is 9.59 Å². The summed E-state index contributed by atoms with van der Waals surface area (Å²) >= 11 is 0. The van der Waals surface area contributed by atoms with Gasteiger partial charge in [-0.15, -0.1) is 0 Å². The molecule has 22 heavy (non-hydrogen) atoms. The Morgan fingerprint density at radius 1 is 1.23 bits per heavy atom. The molecule has 3 aliphatic rings. The highest BCUT2D eigenvalue weighted by Crippen LogP contribution is 2.34. The van der Waals surface area contributed by atoms with Crippen molar-refractivity contribution < 1.29 is 14.3 Å². The summed E-state index contributed by atoms with van der Waals surface area (Å²) in [5.74, 6) is 0.328. The lowest BCUT2D eigenvalue weighted by Gasteiger charge is -2.21. The van der Waals surface area contributed by atoms with Crippen molar-refractivity contribution in [1.82, 2.24) is 0 Å². The number of hydrogen-bond acceptors (Lipinski definition) is 3. The first kappa shape index (κ1) is 13.8. The second-order valence-corrected chi connectivity index (χ2v) is 6.35. The molecule has 1 aromatic carbocycles. The van der Waals surface area contributed by atoms with Gasteiger partial charge in [0.25, 0.3) is 5.91 Å². The van der Waals surface area contributed by atoms with Gasteiger partial charge in [0.15, 0.2) is 0 Å². The van der Waals surface area contributed by atoms with Crippen LogP contribution >= 0.6 is 0 Å². The summed E-state index contributed by atoms with van der Waals surface area (Å²) < 4.78 is 5.52. The highest BCUT2D eigenvalue weighted by molar-refractivity contribution is 6.00. The normalized spacial score (nSPS) is 23.5. The Balaban J connectivity index is 1.54. The van der Waals surface area contributed by atoms with Crippen molar-refractivity contribution in [2.24, 2.45) is 5.92 Å². The Kier molecular flexibility index (Phi) is 3.37. The van der Waals surface area contributed by atoms with E-state index in [0.29, 0.717) is 13.2 Å². The van der Waals surface area contributed by atoms with Crippen LogP contribution in [0.3, 0.4) is 0 Å². The fourth-order valence-corrected chi connectivity index (χ4v) is 3.22. The Morgan fingerprint density at radius 3 is 2.82 bits per heavy atom. The van der Waals surface area contributed by atoms with E-state index >= 15 is 0 Å². The van der Waals surface area contributed by atoms with Gasteiger partial charge in [0.1, 0.15) is 6.10 Å². The number of carbonyl (C=O) groups excluding carboxylic acids is 2. The van der Waals surface area contributed by atoms with Crippen molar-refractivity contribution >= 4 is 23.2 Å². The van der Waals surface area contributed by atoms with Gasteiger partial charge in [-0.3, -0.25) is 9.59 Å². The van der Waals surface area contributed by atoms with E-state index in [4.69, 9.17) is 4.74 Å². The molecule has 1 aliphatic carbocycles. The van der Waals surface area contributed by atoms with E-state index in [1.165, 1.54) is 0 Å². The van der Waals surface area contributed by atoms with Gasteiger partial charge in [-0.25, -0.2) is 0 Å². The molecule has 0 bridgehead atoms. The zero-order chi connectivity index (χ0) is 15.1. The van der Waals surface area contributed by atoms with Crippen molar-refractivity contribution in [3.8, 4) is 0 Å². The van der Waals surface area contributed by atoms with Crippen LogP contribution in [0.25, 0.3) is 0 Å². The Hall–Kier alpha value is -1.88. The van der Waals surface area contributed by atoms with Gasteiger partial charge in [-0.2, -0.15) is 0 Å². The van der Waals surface area contributed by atoms with Gasteiger partial charge in [0.05, 0.1) is 0 Å². The minimum absolute atomic E-state index is 0.0573. The van der Waals surface area contributed by atoms with Gasteiger partial charge in [-0.05, 0) is 49.8 Å². The standard InChI is InChI=1S/C17H20N2O3/c20-16(12-3-4-12)18-13-6-5-11-7-8-19(14(11)10-13)17(21)15-2-1-9-22-15/h5-6,10,12,15H,1-4,7-9H2,(H,18,20). The number of amides is 2. The maximum Gasteiger partial charge on any atom is 0.256 e. The van der Waals surface area contributed by atoms with Crippen LogP contribution in [0.15, 0.2) is 18.2 Å². The number of fused-ring (bicyclic) bond motifs is 1. The SMILES string of the molecule is O=C(Nc1ccc2c(c1)N(C(=O)C1CCCO1)CC2)C1CC1. The molecule has 1 saturated heterocycles. The van der Waals surface area contributed by atoms with Crippen LogP contribution in [0.4, 0.5) is 11.4 Å². The summed E-state index contributed by atoms with van der Waals surface area (Å²) in [7, 11) is 0. The molecule has 116 valence electrons. The zero-order valence-corrected chi connectivity index (χ0v) is 12.5. The van der Waals surface area contributed by atoms with Crippen LogP contribution in [-0.2, 0) is 20.7 Å². The summed E-state index contributed by atoms with van der Waals surface area (Å²) in [5.41, 5.74) is 2.87. The topological polar surface area (TPSA) is 58.6 Å². The third kappa shape index (κ3) is 2.50. The molecule has 1 aromatic rings. The van der Waals surface area contributed by atoms with Crippen LogP contribution < -0.4 is 10.2 Å². The first-order valence-electron chi connectivity index (χ1n) is 8.09. The molecule has 2 amide bonds. The van der Waals surface area contributed by atoms with Crippen molar-refractivity contribution in [1.29, 1.82) is 0 Å². The van der Waals surface area contributed by atoms with Crippen LogP contribution in [0.5, 0.6) is 0 Å². The molecule has 1 atom stereocenters. The number of nitrogens with zero attached hydrogens (tertiary/aromatic N) is 1. The monoisotopic (exact) mass is 300 g/mol. The lowest BCUT2D eigenvalue weighted by atomic mass is 10.1. The highest BCUT2D eigenvalue weighted by atomic mass is 16.5. The largest absolute Gasteiger partial charge is 0.368 e. The maximum absolute atomic E-state index is 12.6. The molecule has 0 radical (unpaired) electrons. The van der Waals surface area contributed by atoms with Crippen LogP contribution in [-0.4, -0.2) is 31.1 Å². The summed E-state index contributed by atoms with van der Waals surface area (Å²) in [6.07, 6.45) is 4.30. The van der Waals surface area contributed by atoms with Gasteiger partial charge in [0, 0.05) is 30.4 Å². The Bertz CT molecular complexity index is 618. The van der Waals surface area contributed by atoms with Gasteiger partial charge < -0.3 is 15.0 Å². The second-order valence-electron chi connectivity index (χ2n) is 6.35. The molecule has 5 nitrogen and oxygen atoms in total. The summed E-state index contributed by atoms with van der Waals surface area (Å²) in [6, 6.07) is 5.87. The van der Waals surface area contributed by atoms with Gasteiger partial charge in [-0.1, -0.05) is 6.07 Å². The molecule has 2 fully saturated rings. The molecule has 5 heteroatoms. The predicted molar refractivity (Wildman–Crippen MR) is 82.8 cm³/mol. The molecule has 0 aromatic heterocycles. The van der Waals surface area contributed by atoms with E-state index in [-0.39, 0.29) is 23.8 Å². The van der Waals surface area contributed by atoms with E-state index in [1.54, 1.807) is 0 Å². The molecule has 1 N–H and O–H groups in total. The Labute approximate surface area is 129 Å². The van der Waals surface area contributed by atoms with Crippen molar-refractivity contribution in [2.45, 2.75) is 38.2 Å². The van der Waals surface area contributed by atoms with E-state index < -0.39 is 0 Å². The molecule has 1 unspecified atom stereocenters. The van der Waals surface area contributed by atoms with E-state index in [2.05, 4.69) is 5.32 Å². The van der Waals surface area contributed by atoms with Gasteiger partial charge in [0.2, 0.25) is 5.91 Å². The number of hydrogen-bond donors (Lipinski definition) is 1. The van der Waals surface area contributed by atoms with Crippen molar-refractivity contribution in [2.75, 3.05) is 23.4 Å². The van der Waals surface area contributed by atoms with Crippen LogP contribution in [0.1, 0.15) is 31.2 Å².